The molecule has 0 aliphatic heterocycles. The minimum absolute atomic E-state index is 0.0525. The third kappa shape index (κ3) is 4.51. The van der Waals surface area contributed by atoms with E-state index in [1.165, 1.54) is 17.3 Å². The zero-order valence-electron chi connectivity index (χ0n) is 12.7. The number of para-hydroxylation sites is 1. The van der Waals surface area contributed by atoms with Gasteiger partial charge in [0.05, 0.1) is 6.21 Å². The predicted octanol–water partition coefficient (Wildman–Crippen LogP) is 2.18. The fourth-order valence-electron chi connectivity index (χ4n) is 1.91. The van der Waals surface area contributed by atoms with E-state index in [0.29, 0.717) is 5.75 Å². The third-order valence-corrected chi connectivity index (χ3v) is 3.05. The van der Waals surface area contributed by atoms with Crippen LogP contribution in [0.5, 0.6) is 5.75 Å². The number of ether oxygens (including phenoxy) is 1. The quantitative estimate of drug-likeness (QED) is 0.706. The van der Waals surface area contributed by atoms with E-state index in [2.05, 4.69) is 20.6 Å². The summed E-state index contributed by atoms with van der Waals surface area (Å²) in [5.74, 6) is 0.402. The summed E-state index contributed by atoms with van der Waals surface area (Å²) in [5.41, 5.74) is 1.64. The molecule has 0 aliphatic carbocycles. The molecular formula is C17H15N5O2. The lowest BCUT2D eigenvalue weighted by Gasteiger charge is -2.07. The van der Waals surface area contributed by atoms with Crippen molar-refractivity contribution in [1.29, 1.82) is 0 Å². The van der Waals surface area contributed by atoms with Gasteiger partial charge in [0.2, 0.25) is 0 Å². The molecule has 1 N–H and O–H groups in total. The minimum atomic E-state index is -0.209. The lowest BCUT2D eigenvalue weighted by atomic mass is 10.2. The summed E-state index contributed by atoms with van der Waals surface area (Å²) in [5, 5.41) is 14.2. The van der Waals surface area contributed by atoms with Crippen molar-refractivity contribution in [3.05, 3.63) is 72.8 Å². The molecule has 0 spiro atoms. The molecule has 7 heteroatoms. The molecule has 0 saturated heterocycles. The normalized spacial score (nSPS) is 10.7. The van der Waals surface area contributed by atoms with Crippen LogP contribution in [0.4, 0.5) is 5.69 Å². The van der Waals surface area contributed by atoms with E-state index < -0.39 is 0 Å². The number of carbonyl (C=O) groups is 1. The summed E-state index contributed by atoms with van der Waals surface area (Å²) in [6.45, 7) is -0.0525. The first kappa shape index (κ1) is 15.4. The highest BCUT2D eigenvalue weighted by Crippen LogP contribution is 2.11. The minimum Gasteiger partial charge on any atom is -0.484 e. The third-order valence-electron chi connectivity index (χ3n) is 3.05. The standard InChI is InChI=1S/C17H15N5O2/c23-17(21-15-4-2-1-3-5-15)11-24-16-8-6-14(7-9-16)10-20-22-12-18-19-13-22/h1-10,12-13H,11H2,(H,21,23)/b20-10+. The molecule has 24 heavy (non-hydrogen) atoms. The number of aromatic nitrogens is 3. The number of anilines is 1. The Hall–Kier alpha value is -3.48. The second-order valence-corrected chi connectivity index (χ2v) is 4.86. The second kappa shape index (κ2) is 7.68. The molecule has 0 aliphatic rings. The van der Waals surface area contributed by atoms with Gasteiger partial charge in [-0.3, -0.25) is 4.79 Å². The number of carbonyl (C=O) groups excluding carboxylic acids is 1. The van der Waals surface area contributed by atoms with Crippen molar-refractivity contribution in [2.45, 2.75) is 0 Å². The fourth-order valence-corrected chi connectivity index (χ4v) is 1.91. The van der Waals surface area contributed by atoms with Crippen LogP contribution in [0, 0.1) is 0 Å². The van der Waals surface area contributed by atoms with Gasteiger partial charge in [0, 0.05) is 5.69 Å². The lowest BCUT2D eigenvalue weighted by molar-refractivity contribution is -0.118. The Morgan fingerprint density at radius 3 is 2.50 bits per heavy atom. The number of amides is 1. The Morgan fingerprint density at radius 1 is 1.08 bits per heavy atom. The van der Waals surface area contributed by atoms with Gasteiger partial charge in [0.15, 0.2) is 6.61 Å². The van der Waals surface area contributed by atoms with Crippen LogP contribution in [0.3, 0.4) is 0 Å². The number of nitrogens with one attached hydrogen (secondary N) is 1. The SMILES string of the molecule is O=C(COc1ccc(/C=N/n2cnnc2)cc1)Nc1ccccc1. The maximum Gasteiger partial charge on any atom is 0.262 e. The molecule has 3 rings (SSSR count). The molecule has 1 amide bonds. The molecule has 7 nitrogen and oxygen atoms in total. The van der Waals surface area contributed by atoms with Crippen LogP contribution in [0.25, 0.3) is 0 Å². The van der Waals surface area contributed by atoms with Gasteiger partial charge in [0.25, 0.3) is 5.91 Å². The molecule has 1 aromatic heterocycles. The van der Waals surface area contributed by atoms with Crippen molar-refractivity contribution in [2.24, 2.45) is 5.10 Å². The maximum absolute atomic E-state index is 11.8. The van der Waals surface area contributed by atoms with Gasteiger partial charge in [-0.2, -0.15) is 5.10 Å². The molecule has 0 saturated carbocycles. The van der Waals surface area contributed by atoms with Gasteiger partial charge >= 0.3 is 0 Å². The topological polar surface area (TPSA) is 81.4 Å². The molecule has 0 bridgehead atoms. The number of hydrogen-bond acceptors (Lipinski definition) is 5. The molecule has 0 unspecified atom stereocenters. The summed E-state index contributed by atoms with van der Waals surface area (Å²) in [7, 11) is 0. The van der Waals surface area contributed by atoms with Crippen LogP contribution in [0.2, 0.25) is 0 Å². The molecule has 2 aromatic carbocycles. The highest BCUT2D eigenvalue weighted by atomic mass is 16.5. The Morgan fingerprint density at radius 2 is 1.79 bits per heavy atom. The molecule has 0 atom stereocenters. The first-order valence-electron chi connectivity index (χ1n) is 7.26. The van der Waals surface area contributed by atoms with Crippen LogP contribution in [-0.2, 0) is 4.79 Å². The van der Waals surface area contributed by atoms with Crippen molar-refractivity contribution in [3.63, 3.8) is 0 Å². The van der Waals surface area contributed by atoms with Crippen molar-refractivity contribution in [1.82, 2.24) is 14.9 Å². The Kier molecular flexibility index (Phi) is 4.94. The summed E-state index contributed by atoms with van der Waals surface area (Å²) < 4.78 is 6.96. The van der Waals surface area contributed by atoms with Gasteiger partial charge in [-0.25, -0.2) is 4.68 Å². The van der Waals surface area contributed by atoms with Gasteiger partial charge < -0.3 is 10.1 Å². The maximum atomic E-state index is 11.8. The van der Waals surface area contributed by atoms with E-state index in [4.69, 9.17) is 4.74 Å². The van der Waals surface area contributed by atoms with E-state index in [-0.39, 0.29) is 12.5 Å². The zero-order chi connectivity index (χ0) is 16.6. The van der Waals surface area contributed by atoms with E-state index in [9.17, 15) is 4.79 Å². The predicted molar refractivity (Wildman–Crippen MR) is 90.0 cm³/mol. The smallest absolute Gasteiger partial charge is 0.262 e. The average Bonchev–Trinajstić information content (AvgIpc) is 3.13. The number of nitrogens with zero attached hydrogens (tertiary/aromatic N) is 4. The zero-order valence-corrected chi connectivity index (χ0v) is 12.7. The number of benzene rings is 2. The Labute approximate surface area is 138 Å². The van der Waals surface area contributed by atoms with Crippen LogP contribution in [0.1, 0.15) is 5.56 Å². The van der Waals surface area contributed by atoms with E-state index >= 15 is 0 Å². The number of rotatable bonds is 6. The van der Waals surface area contributed by atoms with Gasteiger partial charge in [-0.05, 0) is 42.0 Å². The number of hydrogen-bond donors (Lipinski definition) is 1. The first-order valence-corrected chi connectivity index (χ1v) is 7.26. The van der Waals surface area contributed by atoms with Crippen LogP contribution in [-0.4, -0.2) is 33.6 Å². The Bertz CT molecular complexity index is 799. The van der Waals surface area contributed by atoms with Crippen LogP contribution in [0.15, 0.2) is 72.4 Å². The molecule has 120 valence electrons. The Balaban J connectivity index is 1.50. The van der Waals surface area contributed by atoms with Crippen LogP contribution < -0.4 is 10.1 Å². The molecule has 1 heterocycles. The summed E-state index contributed by atoms with van der Waals surface area (Å²) >= 11 is 0. The summed E-state index contributed by atoms with van der Waals surface area (Å²) in [6.07, 6.45) is 4.67. The first-order chi connectivity index (χ1) is 11.8. The summed E-state index contributed by atoms with van der Waals surface area (Å²) in [6, 6.07) is 16.5. The highest BCUT2D eigenvalue weighted by molar-refractivity contribution is 5.91. The van der Waals surface area contributed by atoms with Gasteiger partial charge in [-0.15, -0.1) is 10.2 Å². The van der Waals surface area contributed by atoms with Crippen molar-refractivity contribution in [2.75, 3.05) is 11.9 Å². The molecule has 3 aromatic rings. The summed E-state index contributed by atoms with van der Waals surface area (Å²) in [4.78, 5) is 11.8. The molecular weight excluding hydrogens is 306 g/mol. The molecule has 0 fully saturated rings. The monoisotopic (exact) mass is 321 g/mol. The highest BCUT2D eigenvalue weighted by Gasteiger charge is 2.03. The van der Waals surface area contributed by atoms with Crippen LogP contribution >= 0.6 is 0 Å². The van der Waals surface area contributed by atoms with E-state index in [1.54, 1.807) is 18.3 Å². The van der Waals surface area contributed by atoms with E-state index in [0.717, 1.165) is 11.3 Å². The molecule has 0 radical (unpaired) electrons. The van der Waals surface area contributed by atoms with Crippen molar-refractivity contribution < 1.29 is 9.53 Å². The van der Waals surface area contributed by atoms with E-state index in [1.807, 2.05) is 42.5 Å². The fraction of sp³-hybridized carbons (Fsp3) is 0.0588. The average molecular weight is 321 g/mol. The van der Waals surface area contributed by atoms with Gasteiger partial charge in [0.1, 0.15) is 18.4 Å². The van der Waals surface area contributed by atoms with Gasteiger partial charge in [-0.1, -0.05) is 18.2 Å². The van der Waals surface area contributed by atoms with Crippen molar-refractivity contribution >= 4 is 17.8 Å². The van der Waals surface area contributed by atoms with Crippen molar-refractivity contribution in [3.8, 4) is 5.75 Å². The lowest BCUT2D eigenvalue weighted by Crippen LogP contribution is -2.20. The second-order valence-electron chi connectivity index (χ2n) is 4.86. The largest absolute Gasteiger partial charge is 0.484 e.